The van der Waals surface area contributed by atoms with Gasteiger partial charge < -0.3 is 13.6 Å². The van der Waals surface area contributed by atoms with Crippen LogP contribution in [-0.2, 0) is 0 Å². The van der Waals surface area contributed by atoms with Crippen molar-refractivity contribution in [2.45, 2.75) is 12.8 Å². The maximum Gasteiger partial charge on any atom is 0.137 e. The van der Waals surface area contributed by atoms with E-state index in [4.69, 9.17) is 4.42 Å². The molecule has 0 aliphatic heterocycles. The summed E-state index contributed by atoms with van der Waals surface area (Å²) in [5.74, 6) is 0. The van der Waals surface area contributed by atoms with Crippen molar-refractivity contribution in [2.24, 2.45) is 0 Å². The van der Waals surface area contributed by atoms with Crippen molar-refractivity contribution < 1.29 is 4.42 Å². The molecule has 0 fully saturated rings. The minimum absolute atomic E-state index is 0.863. The molecule has 0 spiro atoms. The van der Waals surface area contributed by atoms with Crippen LogP contribution < -0.4 is 0 Å². The van der Waals surface area contributed by atoms with Gasteiger partial charge in [0.2, 0.25) is 0 Å². The lowest BCUT2D eigenvalue weighted by Crippen LogP contribution is -2.01. The normalized spacial score (nSPS) is 13.9. The summed E-state index contributed by atoms with van der Waals surface area (Å²) in [5.41, 5.74) is 12.9. The van der Waals surface area contributed by atoms with E-state index in [0.717, 1.165) is 62.5 Å². The van der Waals surface area contributed by atoms with Crippen LogP contribution in [0.3, 0.4) is 0 Å². The van der Waals surface area contributed by atoms with Gasteiger partial charge in [0.1, 0.15) is 22.2 Å². The van der Waals surface area contributed by atoms with Crippen LogP contribution in [0.1, 0.15) is 18.4 Å². The maximum absolute atomic E-state index is 6.45. The molecule has 5 heteroatoms. The van der Waals surface area contributed by atoms with Gasteiger partial charge in [0.15, 0.2) is 0 Å². The van der Waals surface area contributed by atoms with Gasteiger partial charge in [0.05, 0.1) is 27.8 Å². The number of allylic oxidation sites excluding steroid dienone is 4. The predicted octanol–water partition coefficient (Wildman–Crippen LogP) is 10.3. The van der Waals surface area contributed by atoms with E-state index in [9.17, 15) is 0 Å². The monoisotopic (exact) mass is 578 g/mol. The molecule has 1 aliphatic rings. The van der Waals surface area contributed by atoms with E-state index in [1.807, 2.05) is 24.5 Å². The highest BCUT2D eigenvalue weighted by Crippen LogP contribution is 2.39. The molecular weight excluding hydrogens is 552 g/mol. The summed E-state index contributed by atoms with van der Waals surface area (Å²) in [6.45, 7) is 0. The van der Waals surface area contributed by atoms with Crippen LogP contribution in [0.25, 0.3) is 82.8 Å². The van der Waals surface area contributed by atoms with Gasteiger partial charge in [0, 0.05) is 45.7 Å². The van der Waals surface area contributed by atoms with Gasteiger partial charge in [-0.25, -0.2) is 0 Å². The molecule has 0 saturated heterocycles. The Labute approximate surface area is 258 Å². The summed E-state index contributed by atoms with van der Waals surface area (Å²) >= 11 is 0. The van der Waals surface area contributed by atoms with Gasteiger partial charge in [-0.3, -0.25) is 9.97 Å². The predicted molar refractivity (Wildman–Crippen MR) is 185 cm³/mol. The van der Waals surface area contributed by atoms with Gasteiger partial charge in [-0.15, -0.1) is 0 Å². The molecule has 0 radical (unpaired) electrons. The lowest BCUT2D eigenvalue weighted by atomic mass is 9.96. The summed E-state index contributed by atoms with van der Waals surface area (Å²) in [6.07, 6.45) is 10.4. The number of nitrogens with zero attached hydrogens (tertiary/aromatic N) is 4. The number of hydrogen-bond acceptors (Lipinski definition) is 3. The number of hydrogen-bond donors (Lipinski definition) is 0. The zero-order valence-electron chi connectivity index (χ0n) is 24.3. The van der Waals surface area contributed by atoms with E-state index in [2.05, 4.69) is 128 Å². The van der Waals surface area contributed by atoms with Crippen molar-refractivity contribution in [3.05, 3.63) is 139 Å². The number of furan rings is 1. The molecule has 1 aliphatic carbocycles. The van der Waals surface area contributed by atoms with Crippen molar-refractivity contribution in [3.63, 3.8) is 0 Å². The van der Waals surface area contributed by atoms with Crippen LogP contribution in [0.4, 0.5) is 0 Å². The standard InChI is InChI=1S/C40H26N4O/c1-3-12-33-29(10-1)30-11-2-4-13-34(30)43(33)27-9-5-8-25(22-27)26-16-19-37-32(23-26)31-18-17-28(24-38(31)45-37)44-35-14-6-20-41-39(35)40-36(44)15-7-21-42-40/h1-4,6-8,10-24H,5,9H2. The van der Waals surface area contributed by atoms with Gasteiger partial charge in [-0.1, -0.05) is 48.5 Å². The van der Waals surface area contributed by atoms with Crippen LogP contribution in [0, 0.1) is 0 Å². The topological polar surface area (TPSA) is 48.8 Å². The summed E-state index contributed by atoms with van der Waals surface area (Å²) in [4.78, 5) is 9.28. The second kappa shape index (κ2) is 9.28. The molecule has 10 rings (SSSR count). The third kappa shape index (κ3) is 3.55. The zero-order valence-corrected chi connectivity index (χ0v) is 24.3. The van der Waals surface area contributed by atoms with Crippen LogP contribution in [-0.4, -0.2) is 19.1 Å². The number of benzene rings is 4. The van der Waals surface area contributed by atoms with E-state index < -0.39 is 0 Å². The lowest BCUT2D eigenvalue weighted by molar-refractivity contribution is 0.668. The number of pyridine rings is 2. The van der Waals surface area contributed by atoms with Crippen molar-refractivity contribution >= 4 is 77.1 Å². The largest absolute Gasteiger partial charge is 0.456 e. The second-order valence-corrected chi connectivity index (χ2v) is 11.8. The Morgan fingerprint density at radius 2 is 1.24 bits per heavy atom. The Bertz CT molecular complexity index is 2610. The van der Waals surface area contributed by atoms with Crippen molar-refractivity contribution in [3.8, 4) is 5.69 Å². The third-order valence-corrected chi connectivity index (χ3v) is 9.28. The Balaban J connectivity index is 1.09. The molecule has 5 heterocycles. The smallest absolute Gasteiger partial charge is 0.137 e. The number of rotatable bonds is 3. The van der Waals surface area contributed by atoms with E-state index in [-0.39, 0.29) is 0 Å². The Morgan fingerprint density at radius 1 is 0.556 bits per heavy atom. The molecule has 4 aromatic carbocycles. The SMILES string of the molecule is C1=C(c2ccc3oc4cc(-n5c6cccnc6c6ncccc65)ccc4c3c2)C=C(n2c3ccccc3c3ccccc32)CC1. The molecule has 5 nitrogen and oxygen atoms in total. The first-order chi connectivity index (χ1) is 22.3. The second-order valence-electron chi connectivity index (χ2n) is 11.8. The summed E-state index contributed by atoms with van der Waals surface area (Å²) in [7, 11) is 0. The Hall–Kier alpha value is -5.94. The fraction of sp³-hybridized carbons (Fsp3) is 0.0500. The molecule has 0 N–H and O–H groups in total. The highest BCUT2D eigenvalue weighted by atomic mass is 16.3. The van der Waals surface area contributed by atoms with Crippen LogP contribution >= 0.6 is 0 Å². The minimum Gasteiger partial charge on any atom is -0.456 e. The third-order valence-electron chi connectivity index (χ3n) is 9.28. The van der Waals surface area contributed by atoms with E-state index in [1.165, 1.54) is 38.6 Å². The quantitative estimate of drug-likeness (QED) is 0.210. The van der Waals surface area contributed by atoms with E-state index >= 15 is 0 Å². The van der Waals surface area contributed by atoms with Gasteiger partial charge in [0.25, 0.3) is 0 Å². The summed E-state index contributed by atoms with van der Waals surface area (Å²) < 4.78 is 11.1. The number of fused-ring (bicyclic) bond motifs is 9. The molecule has 0 amide bonds. The van der Waals surface area contributed by atoms with Gasteiger partial charge in [-0.2, -0.15) is 0 Å². The zero-order chi connectivity index (χ0) is 29.5. The number of para-hydroxylation sites is 2. The maximum atomic E-state index is 6.45. The van der Waals surface area contributed by atoms with Gasteiger partial charge in [-0.05, 0) is 90.7 Å². The van der Waals surface area contributed by atoms with Crippen LogP contribution in [0.2, 0.25) is 0 Å². The van der Waals surface area contributed by atoms with Crippen molar-refractivity contribution in [1.29, 1.82) is 0 Å². The molecule has 9 aromatic rings. The fourth-order valence-corrected chi connectivity index (χ4v) is 7.31. The average Bonchev–Trinajstić information content (AvgIpc) is 3.75. The van der Waals surface area contributed by atoms with Crippen molar-refractivity contribution in [2.75, 3.05) is 0 Å². The first-order valence-electron chi connectivity index (χ1n) is 15.4. The van der Waals surface area contributed by atoms with Crippen molar-refractivity contribution in [1.82, 2.24) is 19.1 Å². The first kappa shape index (κ1) is 24.5. The number of aromatic nitrogens is 4. The lowest BCUT2D eigenvalue weighted by Gasteiger charge is -2.17. The minimum atomic E-state index is 0.863. The fourth-order valence-electron chi connectivity index (χ4n) is 7.31. The molecule has 0 saturated carbocycles. The highest BCUT2D eigenvalue weighted by molar-refractivity contribution is 6.11. The Kier molecular flexibility index (Phi) is 5.05. The molecule has 45 heavy (non-hydrogen) atoms. The first-order valence-corrected chi connectivity index (χ1v) is 15.4. The van der Waals surface area contributed by atoms with E-state index in [1.54, 1.807) is 0 Å². The van der Waals surface area contributed by atoms with Crippen LogP contribution in [0.15, 0.2) is 138 Å². The molecule has 0 unspecified atom stereocenters. The summed E-state index contributed by atoms with van der Waals surface area (Å²) in [5, 5.41) is 4.82. The van der Waals surface area contributed by atoms with E-state index in [0.29, 0.717) is 0 Å². The van der Waals surface area contributed by atoms with Crippen LogP contribution in [0.5, 0.6) is 0 Å². The molecular formula is C40H26N4O. The Morgan fingerprint density at radius 3 is 1.98 bits per heavy atom. The average molecular weight is 579 g/mol. The highest BCUT2D eigenvalue weighted by Gasteiger charge is 2.18. The molecule has 5 aromatic heterocycles. The summed E-state index contributed by atoms with van der Waals surface area (Å²) in [6, 6.07) is 38.7. The molecule has 212 valence electrons. The molecule has 0 bridgehead atoms. The molecule has 0 atom stereocenters. The van der Waals surface area contributed by atoms with Gasteiger partial charge >= 0.3 is 0 Å².